The van der Waals surface area contributed by atoms with Gasteiger partial charge < -0.3 is 9.15 Å². The SMILES string of the molecule is CC(C)C(=O)OCCc1ccoc1. The van der Waals surface area contributed by atoms with E-state index in [-0.39, 0.29) is 11.9 Å². The van der Waals surface area contributed by atoms with Gasteiger partial charge in [-0.3, -0.25) is 4.79 Å². The van der Waals surface area contributed by atoms with E-state index >= 15 is 0 Å². The van der Waals surface area contributed by atoms with Crippen LogP contribution in [-0.4, -0.2) is 12.6 Å². The van der Waals surface area contributed by atoms with Crippen molar-refractivity contribution in [1.29, 1.82) is 0 Å². The monoisotopic (exact) mass is 182 g/mol. The second-order valence-corrected chi connectivity index (χ2v) is 3.20. The molecule has 0 saturated heterocycles. The van der Waals surface area contributed by atoms with Gasteiger partial charge in [0.15, 0.2) is 0 Å². The van der Waals surface area contributed by atoms with Crippen molar-refractivity contribution < 1.29 is 13.9 Å². The topological polar surface area (TPSA) is 39.4 Å². The summed E-state index contributed by atoms with van der Waals surface area (Å²) in [6.45, 7) is 4.07. The summed E-state index contributed by atoms with van der Waals surface area (Å²) in [7, 11) is 0. The normalized spacial score (nSPS) is 10.4. The van der Waals surface area contributed by atoms with Crippen molar-refractivity contribution in [3.8, 4) is 0 Å². The maximum absolute atomic E-state index is 11.0. The molecule has 0 atom stereocenters. The number of carbonyl (C=O) groups is 1. The molecule has 1 aromatic rings. The number of ether oxygens (including phenoxy) is 1. The third-order valence-corrected chi connectivity index (χ3v) is 1.69. The first-order valence-electron chi connectivity index (χ1n) is 4.38. The largest absolute Gasteiger partial charge is 0.472 e. The van der Waals surface area contributed by atoms with Gasteiger partial charge in [-0.1, -0.05) is 13.8 Å². The van der Waals surface area contributed by atoms with Gasteiger partial charge in [0.2, 0.25) is 0 Å². The van der Waals surface area contributed by atoms with Gasteiger partial charge in [0.25, 0.3) is 0 Å². The van der Waals surface area contributed by atoms with E-state index in [4.69, 9.17) is 9.15 Å². The first-order valence-corrected chi connectivity index (χ1v) is 4.38. The van der Waals surface area contributed by atoms with E-state index in [2.05, 4.69) is 0 Å². The third kappa shape index (κ3) is 3.32. The second kappa shape index (κ2) is 4.70. The van der Waals surface area contributed by atoms with Crippen LogP contribution in [0.5, 0.6) is 0 Å². The molecule has 13 heavy (non-hydrogen) atoms. The smallest absolute Gasteiger partial charge is 0.308 e. The molecule has 0 fully saturated rings. The van der Waals surface area contributed by atoms with Gasteiger partial charge >= 0.3 is 5.97 Å². The van der Waals surface area contributed by atoms with Gasteiger partial charge in [0, 0.05) is 6.42 Å². The Bertz CT molecular complexity index is 249. The Morgan fingerprint density at radius 3 is 2.92 bits per heavy atom. The van der Waals surface area contributed by atoms with Crippen molar-refractivity contribution in [2.45, 2.75) is 20.3 Å². The van der Waals surface area contributed by atoms with Gasteiger partial charge in [-0.05, 0) is 11.6 Å². The zero-order valence-corrected chi connectivity index (χ0v) is 7.95. The fraction of sp³-hybridized carbons (Fsp3) is 0.500. The summed E-state index contributed by atoms with van der Waals surface area (Å²) in [4.78, 5) is 11.0. The molecule has 0 radical (unpaired) electrons. The molecule has 0 aliphatic rings. The van der Waals surface area contributed by atoms with Crippen LogP contribution in [0.3, 0.4) is 0 Å². The number of carbonyl (C=O) groups excluding carboxylic acids is 1. The molecule has 1 heterocycles. The van der Waals surface area contributed by atoms with Crippen molar-refractivity contribution in [2.75, 3.05) is 6.61 Å². The lowest BCUT2D eigenvalue weighted by Gasteiger charge is -2.05. The fourth-order valence-electron chi connectivity index (χ4n) is 0.871. The molecule has 1 rings (SSSR count). The zero-order valence-electron chi connectivity index (χ0n) is 7.95. The van der Waals surface area contributed by atoms with E-state index in [0.29, 0.717) is 6.61 Å². The first kappa shape index (κ1) is 9.84. The van der Waals surface area contributed by atoms with Crippen molar-refractivity contribution >= 4 is 5.97 Å². The predicted molar refractivity (Wildman–Crippen MR) is 48.2 cm³/mol. The highest BCUT2D eigenvalue weighted by Gasteiger charge is 2.07. The lowest BCUT2D eigenvalue weighted by Crippen LogP contribution is -2.13. The van der Waals surface area contributed by atoms with E-state index in [9.17, 15) is 4.79 Å². The van der Waals surface area contributed by atoms with E-state index in [1.807, 2.05) is 19.9 Å². The molecule has 0 spiro atoms. The highest BCUT2D eigenvalue weighted by Crippen LogP contribution is 2.02. The van der Waals surface area contributed by atoms with E-state index in [1.165, 1.54) is 0 Å². The van der Waals surface area contributed by atoms with Gasteiger partial charge in [-0.25, -0.2) is 0 Å². The van der Waals surface area contributed by atoms with Crippen molar-refractivity contribution in [1.82, 2.24) is 0 Å². The molecule has 0 aromatic carbocycles. The second-order valence-electron chi connectivity index (χ2n) is 3.20. The number of hydrogen-bond acceptors (Lipinski definition) is 3. The summed E-state index contributed by atoms with van der Waals surface area (Å²) < 4.78 is 9.88. The molecule has 0 aliphatic heterocycles. The summed E-state index contributed by atoms with van der Waals surface area (Å²) in [5.74, 6) is -0.201. The van der Waals surface area contributed by atoms with Gasteiger partial charge in [-0.2, -0.15) is 0 Å². The summed E-state index contributed by atoms with van der Waals surface area (Å²) >= 11 is 0. The molecule has 0 unspecified atom stereocenters. The third-order valence-electron chi connectivity index (χ3n) is 1.69. The number of rotatable bonds is 4. The van der Waals surface area contributed by atoms with E-state index < -0.39 is 0 Å². The minimum atomic E-state index is -0.150. The highest BCUT2D eigenvalue weighted by molar-refractivity contribution is 5.71. The summed E-state index contributed by atoms with van der Waals surface area (Å²) in [5.41, 5.74) is 1.05. The van der Waals surface area contributed by atoms with Crippen LogP contribution < -0.4 is 0 Å². The molecule has 3 heteroatoms. The quantitative estimate of drug-likeness (QED) is 0.669. The maximum atomic E-state index is 11.0. The minimum absolute atomic E-state index is 0.0515. The van der Waals surface area contributed by atoms with Crippen LogP contribution in [0.4, 0.5) is 0 Å². The number of furan rings is 1. The van der Waals surface area contributed by atoms with Crippen LogP contribution >= 0.6 is 0 Å². The van der Waals surface area contributed by atoms with Crippen molar-refractivity contribution in [3.05, 3.63) is 24.2 Å². The molecule has 3 nitrogen and oxygen atoms in total. The van der Waals surface area contributed by atoms with Crippen LogP contribution in [0.15, 0.2) is 23.0 Å². The number of hydrogen-bond donors (Lipinski definition) is 0. The average Bonchev–Trinajstić information content (AvgIpc) is 2.56. The van der Waals surface area contributed by atoms with Gasteiger partial charge in [0.1, 0.15) is 0 Å². The van der Waals surface area contributed by atoms with Gasteiger partial charge in [0.05, 0.1) is 25.1 Å². The molecule has 0 N–H and O–H groups in total. The molecular weight excluding hydrogens is 168 g/mol. The van der Waals surface area contributed by atoms with Gasteiger partial charge in [-0.15, -0.1) is 0 Å². The standard InChI is InChI=1S/C10H14O3/c1-8(2)10(11)13-6-4-9-3-5-12-7-9/h3,5,7-8H,4,6H2,1-2H3. The van der Waals surface area contributed by atoms with Crippen LogP contribution in [0, 0.1) is 5.92 Å². The highest BCUT2D eigenvalue weighted by atomic mass is 16.5. The van der Waals surface area contributed by atoms with Crippen LogP contribution in [-0.2, 0) is 16.0 Å². The zero-order chi connectivity index (χ0) is 9.68. The molecule has 0 amide bonds. The van der Waals surface area contributed by atoms with Crippen molar-refractivity contribution in [2.24, 2.45) is 5.92 Å². The fourth-order valence-corrected chi connectivity index (χ4v) is 0.871. The molecule has 0 bridgehead atoms. The molecule has 0 aliphatic carbocycles. The molecule has 1 aromatic heterocycles. The van der Waals surface area contributed by atoms with Crippen LogP contribution in [0.1, 0.15) is 19.4 Å². The van der Waals surface area contributed by atoms with E-state index in [0.717, 1.165) is 12.0 Å². The molecule has 72 valence electrons. The Balaban J connectivity index is 2.18. The minimum Gasteiger partial charge on any atom is -0.472 e. The Hall–Kier alpha value is -1.25. The van der Waals surface area contributed by atoms with Crippen LogP contribution in [0.25, 0.3) is 0 Å². The Morgan fingerprint density at radius 2 is 2.38 bits per heavy atom. The number of esters is 1. The lowest BCUT2D eigenvalue weighted by atomic mass is 10.2. The Labute approximate surface area is 77.7 Å². The lowest BCUT2D eigenvalue weighted by molar-refractivity contribution is -0.147. The first-order chi connectivity index (χ1) is 6.20. The van der Waals surface area contributed by atoms with Crippen molar-refractivity contribution in [3.63, 3.8) is 0 Å². The van der Waals surface area contributed by atoms with E-state index in [1.54, 1.807) is 12.5 Å². The molecule has 0 saturated carbocycles. The average molecular weight is 182 g/mol. The van der Waals surface area contributed by atoms with Crippen LogP contribution in [0.2, 0.25) is 0 Å². The summed E-state index contributed by atoms with van der Waals surface area (Å²) in [5, 5.41) is 0. The predicted octanol–water partition coefficient (Wildman–Crippen LogP) is 2.02. The summed E-state index contributed by atoms with van der Waals surface area (Å²) in [6, 6.07) is 1.86. The Kier molecular flexibility index (Phi) is 3.55. The summed E-state index contributed by atoms with van der Waals surface area (Å²) in [6.07, 6.45) is 3.98. The Morgan fingerprint density at radius 1 is 1.62 bits per heavy atom. The maximum Gasteiger partial charge on any atom is 0.308 e. The molecular formula is C10H14O3.